The van der Waals surface area contributed by atoms with Crippen molar-refractivity contribution in [3.8, 4) is 0 Å². The summed E-state index contributed by atoms with van der Waals surface area (Å²) in [7, 11) is 1.65. The number of carbonyl (C=O) groups excluding carboxylic acids is 1. The van der Waals surface area contributed by atoms with E-state index in [9.17, 15) is 9.90 Å². The largest absolute Gasteiger partial charge is 1.00 e. The average molecular weight is 182 g/mol. The van der Waals surface area contributed by atoms with E-state index in [2.05, 4.69) is 4.98 Å². The SMILES string of the molecule is Cn1c(C(=O)[O-])nc2ccccc21.[Li+]. The van der Waals surface area contributed by atoms with Crippen molar-refractivity contribution in [1.29, 1.82) is 0 Å². The minimum absolute atomic E-state index is 0. The van der Waals surface area contributed by atoms with E-state index < -0.39 is 5.97 Å². The molecule has 0 unspecified atom stereocenters. The van der Waals surface area contributed by atoms with Gasteiger partial charge in [0.05, 0.1) is 11.0 Å². The summed E-state index contributed by atoms with van der Waals surface area (Å²) < 4.78 is 1.50. The number of para-hydroxylation sites is 2. The molecule has 2 rings (SSSR count). The van der Waals surface area contributed by atoms with Gasteiger partial charge in [-0.3, -0.25) is 0 Å². The van der Waals surface area contributed by atoms with Crippen LogP contribution in [0.3, 0.4) is 0 Å². The average Bonchev–Trinajstić information content (AvgIpc) is 2.45. The van der Waals surface area contributed by atoms with E-state index >= 15 is 0 Å². The normalized spacial score (nSPS) is 9.79. The summed E-state index contributed by atoms with van der Waals surface area (Å²) in [5.74, 6) is -1.29. The van der Waals surface area contributed by atoms with Crippen LogP contribution in [0.1, 0.15) is 10.6 Å². The van der Waals surface area contributed by atoms with Crippen molar-refractivity contribution in [2.45, 2.75) is 0 Å². The topological polar surface area (TPSA) is 58.0 Å². The van der Waals surface area contributed by atoms with E-state index in [1.807, 2.05) is 18.2 Å². The van der Waals surface area contributed by atoms with Crippen LogP contribution in [0.25, 0.3) is 11.0 Å². The number of hydrogen-bond acceptors (Lipinski definition) is 3. The van der Waals surface area contributed by atoms with Crippen LogP contribution in [-0.2, 0) is 7.05 Å². The summed E-state index contributed by atoms with van der Waals surface area (Å²) >= 11 is 0. The predicted octanol–water partition coefficient (Wildman–Crippen LogP) is -3.06. The first-order valence-electron chi connectivity index (χ1n) is 3.83. The third kappa shape index (κ3) is 1.54. The fourth-order valence-electron chi connectivity index (χ4n) is 1.33. The van der Waals surface area contributed by atoms with Gasteiger partial charge in [0.2, 0.25) is 0 Å². The first-order chi connectivity index (χ1) is 6.20. The molecule has 0 atom stereocenters. The Bertz CT molecular complexity index is 479. The van der Waals surface area contributed by atoms with Crippen molar-refractivity contribution in [3.63, 3.8) is 0 Å². The summed E-state index contributed by atoms with van der Waals surface area (Å²) in [4.78, 5) is 14.5. The number of carboxylic acid groups (broad SMARTS) is 1. The maximum Gasteiger partial charge on any atom is 1.00 e. The minimum atomic E-state index is -1.25. The van der Waals surface area contributed by atoms with Crippen LogP contribution in [0.4, 0.5) is 0 Å². The smallest absolute Gasteiger partial charge is 0.542 e. The molecule has 14 heavy (non-hydrogen) atoms. The molecule has 4 nitrogen and oxygen atoms in total. The van der Waals surface area contributed by atoms with Gasteiger partial charge in [-0.15, -0.1) is 0 Å². The maximum absolute atomic E-state index is 10.6. The Morgan fingerprint density at radius 3 is 2.64 bits per heavy atom. The summed E-state index contributed by atoms with van der Waals surface area (Å²) in [5, 5.41) is 10.6. The van der Waals surface area contributed by atoms with Crippen molar-refractivity contribution in [2.75, 3.05) is 0 Å². The second-order valence-electron chi connectivity index (χ2n) is 2.77. The van der Waals surface area contributed by atoms with Crippen LogP contribution in [0, 0.1) is 0 Å². The monoisotopic (exact) mass is 182 g/mol. The van der Waals surface area contributed by atoms with Crippen molar-refractivity contribution < 1.29 is 28.8 Å². The number of fused-ring (bicyclic) bond motifs is 1. The summed E-state index contributed by atoms with van der Waals surface area (Å²) in [5.41, 5.74) is 1.46. The van der Waals surface area contributed by atoms with Crippen LogP contribution in [-0.4, -0.2) is 15.5 Å². The third-order valence-corrected chi connectivity index (χ3v) is 1.97. The summed E-state index contributed by atoms with van der Waals surface area (Å²) in [6.45, 7) is 0. The molecule has 0 bridgehead atoms. The van der Waals surface area contributed by atoms with Gasteiger partial charge in [-0.05, 0) is 12.1 Å². The maximum atomic E-state index is 10.6. The molecular weight excluding hydrogens is 175 g/mol. The molecular formula is C9H7LiN2O2. The molecule has 1 heterocycles. The molecule has 0 N–H and O–H groups in total. The van der Waals surface area contributed by atoms with Crippen LogP contribution < -0.4 is 24.0 Å². The van der Waals surface area contributed by atoms with Gasteiger partial charge in [0, 0.05) is 7.05 Å². The Morgan fingerprint density at radius 2 is 2.07 bits per heavy atom. The van der Waals surface area contributed by atoms with Gasteiger partial charge in [-0.2, -0.15) is 0 Å². The number of carboxylic acids is 1. The summed E-state index contributed by atoms with van der Waals surface area (Å²) in [6, 6.07) is 7.23. The van der Waals surface area contributed by atoms with E-state index in [1.165, 1.54) is 4.57 Å². The molecule has 2 aromatic rings. The molecule has 5 heteroatoms. The molecule has 0 aliphatic heterocycles. The Hall–Kier alpha value is -1.24. The molecule has 0 radical (unpaired) electrons. The Kier molecular flexibility index (Phi) is 2.99. The molecule has 1 aromatic carbocycles. The molecule has 0 aliphatic carbocycles. The standard InChI is InChI=1S/C9H8N2O2.Li/c1-11-7-5-3-2-4-6(7)10-8(11)9(12)13;/h2-5H,1H3,(H,12,13);/q;+1/p-1. The van der Waals surface area contributed by atoms with Crippen LogP contribution in [0.15, 0.2) is 24.3 Å². The van der Waals surface area contributed by atoms with Gasteiger partial charge in [-0.1, -0.05) is 12.1 Å². The van der Waals surface area contributed by atoms with Crippen LogP contribution in [0.5, 0.6) is 0 Å². The van der Waals surface area contributed by atoms with Gasteiger partial charge in [-0.25, -0.2) is 4.98 Å². The Morgan fingerprint density at radius 1 is 1.43 bits per heavy atom. The molecule has 66 valence electrons. The van der Waals surface area contributed by atoms with Crippen molar-refractivity contribution in [2.24, 2.45) is 7.05 Å². The number of nitrogens with zero attached hydrogens (tertiary/aromatic N) is 2. The third-order valence-electron chi connectivity index (χ3n) is 1.97. The second-order valence-corrected chi connectivity index (χ2v) is 2.77. The van der Waals surface area contributed by atoms with E-state index in [1.54, 1.807) is 13.1 Å². The Balaban J connectivity index is 0.000000980. The van der Waals surface area contributed by atoms with E-state index in [0.29, 0.717) is 5.52 Å². The number of aromatic nitrogens is 2. The van der Waals surface area contributed by atoms with Gasteiger partial charge in [0.25, 0.3) is 0 Å². The predicted molar refractivity (Wildman–Crippen MR) is 45.0 cm³/mol. The van der Waals surface area contributed by atoms with Crippen LogP contribution in [0.2, 0.25) is 0 Å². The van der Waals surface area contributed by atoms with Gasteiger partial charge < -0.3 is 14.5 Å². The number of hydrogen-bond donors (Lipinski definition) is 0. The van der Waals surface area contributed by atoms with E-state index in [-0.39, 0.29) is 24.7 Å². The van der Waals surface area contributed by atoms with Crippen molar-refractivity contribution in [1.82, 2.24) is 9.55 Å². The number of carbonyl (C=O) groups is 1. The van der Waals surface area contributed by atoms with Crippen LogP contribution >= 0.6 is 0 Å². The van der Waals surface area contributed by atoms with Gasteiger partial charge in [0.15, 0.2) is 5.82 Å². The molecule has 0 saturated carbocycles. The quantitative estimate of drug-likeness (QED) is 0.440. The number of aryl methyl sites for hydroxylation is 1. The molecule has 0 aliphatic rings. The van der Waals surface area contributed by atoms with Gasteiger partial charge in [0.1, 0.15) is 5.97 Å². The molecule has 0 saturated heterocycles. The fraction of sp³-hybridized carbons (Fsp3) is 0.111. The zero-order valence-corrected chi connectivity index (χ0v) is 8.02. The number of aromatic carboxylic acids is 1. The number of rotatable bonds is 1. The zero-order valence-electron chi connectivity index (χ0n) is 8.02. The molecule has 0 spiro atoms. The minimum Gasteiger partial charge on any atom is -0.542 e. The molecule has 1 aromatic heterocycles. The zero-order chi connectivity index (χ0) is 9.42. The Labute approximate surface area is 92.7 Å². The number of benzene rings is 1. The fourth-order valence-corrected chi connectivity index (χ4v) is 1.33. The van der Waals surface area contributed by atoms with Crippen molar-refractivity contribution >= 4 is 17.0 Å². The molecule has 0 fully saturated rings. The molecule has 0 amide bonds. The van der Waals surface area contributed by atoms with E-state index in [0.717, 1.165) is 5.52 Å². The van der Waals surface area contributed by atoms with Gasteiger partial charge >= 0.3 is 18.9 Å². The summed E-state index contributed by atoms with van der Waals surface area (Å²) in [6.07, 6.45) is 0. The first-order valence-corrected chi connectivity index (χ1v) is 3.83. The first kappa shape index (κ1) is 10.8. The number of imidazole rings is 1. The van der Waals surface area contributed by atoms with E-state index in [4.69, 9.17) is 0 Å². The second kappa shape index (κ2) is 3.87. The van der Waals surface area contributed by atoms with Crippen molar-refractivity contribution in [3.05, 3.63) is 30.1 Å².